The minimum Gasteiger partial charge on any atom is -0.496 e. The summed E-state index contributed by atoms with van der Waals surface area (Å²) in [6.07, 6.45) is 2.31. The van der Waals surface area contributed by atoms with Crippen LogP contribution in [0.4, 0.5) is 0 Å². The fraction of sp³-hybridized carbons (Fsp3) is 0.387. The zero-order chi connectivity index (χ0) is 28.8. The van der Waals surface area contributed by atoms with E-state index in [2.05, 4.69) is 16.7 Å². The second kappa shape index (κ2) is 13.1. The second-order valence-corrected chi connectivity index (χ2v) is 11.3. The molecule has 6 rings (SSSR count). The highest BCUT2D eigenvalue weighted by Gasteiger charge is 2.34. The third-order valence-electron chi connectivity index (χ3n) is 7.44. The number of fused-ring (bicyclic) bond motifs is 7. The molecule has 3 amide bonds. The minimum atomic E-state index is -0.437. The van der Waals surface area contributed by atoms with Gasteiger partial charge in [0, 0.05) is 54.5 Å². The van der Waals surface area contributed by atoms with Gasteiger partial charge in [0.05, 0.1) is 13.2 Å². The zero-order valence-electron chi connectivity index (χ0n) is 23.3. The molecule has 10 heteroatoms. The van der Waals surface area contributed by atoms with E-state index >= 15 is 0 Å². The molecule has 2 aromatic carbocycles. The summed E-state index contributed by atoms with van der Waals surface area (Å²) in [5.74, 6) is 1.10. The molecule has 9 nitrogen and oxygen atoms in total. The molecule has 3 aliphatic heterocycles. The van der Waals surface area contributed by atoms with E-state index in [-0.39, 0.29) is 37.0 Å². The number of hydrogen-bond donors (Lipinski definition) is 2. The van der Waals surface area contributed by atoms with Gasteiger partial charge in [0.2, 0.25) is 5.91 Å². The van der Waals surface area contributed by atoms with Gasteiger partial charge < -0.3 is 29.7 Å². The summed E-state index contributed by atoms with van der Waals surface area (Å²) < 4.78 is 17.7. The van der Waals surface area contributed by atoms with Crippen LogP contribution in [0.5, 0.6) is 17.2 Å². The van der Waals surface area contributed by atoms with E-state index in [1.165, 1.54) is 4.88 Å². The highest BCUT2D eigenvalue weighted by molar-refractivity contribution is 7.09. The lowest BCUT2D eigenvalue weighted by atomic mass is 10.00. The molecule has 3 aliphatic rings. The molecule has 1 saturated heterocycles. The van der Waals surface area contributed by atoms with Gasteiger partial charge in [-0.15, -0.1) is 11.3 Å². The summed E-state index contributed by atoms with van der Waals surface area (Å²) in [5.41, 5.74) is 2.00. The van der Waals surface area contributed by atoms with Gasteiger partial charge >= 0.3 is 0 Å². The number of carbonyl (C=O) groups is 3. The number of methoxy groups -OCH3 is 1. The number of ether oxygens (including phenoxy) is 3. The number of thiophene rings is 1. The first-order valence-electron chi connectivity index (χ1n) is 13.8. The van der Waals surface area contributed by atoms with Gasteiger partial charge in [-0.2, -0.15) is 0 Å². The second-order valence-electron chi connectivity index (χ2n) is 10.3. The lowest BCUT2D eigenvalue weighted by Gasteiger charge is -2.39. The van der Waals surface area contributed by atoms with Crippen molar-refractivity contribution in [2.45, 2.75) is 51.3 Å². The number of likely N-dealkylation sites (tertiary alicyclic amines) is 1. The molecule has 4 bridgehead atoms. The smallest absolute Gasteiger partial charge is 0.258 e. The minimum absolute atomic E-state index is 0.0758. The van der Waals surface area contributed by atoms with Crippen molar-refractivity contribution in [2.24, 2.45) is 0 Å². The molecule has 0 radical (unpaired) electrons. The molecule has 1 aromatic heterocycles. The molecule has 0 unspecified atom stereocenters. The maximum atomic E-state index is 13.4. The van der Waals surface area contributed by atoms with Crippen LogP contribution in [0.25, 0.3) is 0 Å². The molecule has 4 heterocycles. The van der Waals surface area contributed by atoms with E-state index in [1.807, 2.05) is 35.4 Å². The summed E-state index contributed by atoms with van der Waals surface area (Å²) in [5, 5.41) is 8.00. The van der Waals surface area contributed by atoms with Crippen LogP contribution in [0.2, 0.25) is 0 Å². The van der Waals surface area contributed by atoms with E-state index in [9.17, 15) is 14.4 Å². The average Bonchev–Trinajstić information content (AvgIpc) is 3.50. The highest BCUT2D eigenvalue weighted by atomic mass is 32.1. The van der Waals surface area contributed by atoms with Crippen molar-refractivity contribution in [2.75, 3.05) is 26.8 Å². The normalized spacial score (nSPS) is 19.2. The van der Waals surface area contributed by atoms with E-state index in [0.29, 0.717) is 48.7 Å². The Morgan fingerprint density at radius 2 is 2.05 bits per heavy atom. The Kier molecular flexibility index (Phi) is 9.08. The topological polar surface area (TPSA) is 106 Å². The molecule has 0 saturated carbocycles. The van der Waals surface area contributed by atoms with Crippen LogP contribution in [0.15, 0.2) is 53.9 Å². The summed E-state index contributed by atoms with van der Waals surface area (Å²) >= 11 is 1.70. The standard InChI is InChI=1S/C31H35N3O6S/c1-20-8-9-21-15-27(20)39-19-29(35)32-17-22-10-11-23(16-28(22)38-2)40-26-12-13-34(18-25(26)33-31(21)37)30(36)7-3-5-24-6-4-14-41-24/h4,6,8-11,14-16,25-26H,3,5,7,12-13,17-19H2,1-2H3,(H,32,35)(H,33,37)/t25-,26+/m0/s1. The lowest BCUT2D eigenvalue weighted by molar-refractivity contribution is -0.133. The number of carbonyl (C=O) groups excluding carboxylic acids is 3. The average molecular weight is 578 g/mol. The number of piperidine rings is 1. The molecule has 3 aromatic rings. The van der Waals surface area contributed by atoms with Gasteiger partial charge in [0.25, 0.3) is 11.8 Å². The SMILES string of the molecule is COc1cc2ccc1CNC(=O)COc1cc(ccc1C)C(=O)N[C@H]1CN(C(=O)CCCc3cccs3)CC[C@H]1O2. The van der Waals surface area contributed by atoms with Crippen molar-refractivity contribution in [3.63, 3.8) is 0 Å². The van der Waals surface area contributed by atoms with Crippen LogP contribution in [0.3, 0.4) is 0 Å². The Bertz CT molecular complexity index is 1390. The third-order valence-corrected chi connectivity index (χ3v) is 8.38. The van der Waals surface area contributed by atoms with Crippen molar-refractivity contribution in [3.05, 3.63) is 75.5 Å². The van der Waals surface area contributed by atoms with Crippen LogP contribution in [-0.2, 0) is 22.6 Å². The Morgan fingerprint density at radius 1 is 1.17 bits per heavy atom. The van der Waals surface area contributed by atoms with Gasteiger partial charge in [-0.1, -0.05) is 12.1 Å². The van der Waals surface area contributed by atoms with E-state index in [1.54, 1.807) is 42.7 Å². The van der Waals surface area contributed by atoms with E-state index in [4.69, 9.17) is 14.2 Å². The van der Waals surface area contributed by atoms with Crippen molar-refractivity contribution in [1.82, 2.24) is 15.5 Å². The van der Waals surface area contributed by atoms with Crippen molar-refractivity contribution in [3.8, 4) is 17.2 Å². The lowest BCUT2D eigenvalue weighted by Crippen LogP contribution is -2.58. The largest absolute Gasteiger partial charge is 0.496 e. The summed E-state index contributed by atoms with van der Waals surface area (Å²) in [4.78, 5) is 42.2. The first-order chi connectivity index (χ1) is 19.9. The van der Waals surface area contributed by atoms with Gasteiger partial charge in [0.1, 0.15) is 23.4 Å². The van der Waals surface area contributed by atoms with Crippen LogP contribution >= 0.6 is 11.3 Å². The summed E-state index contributed by atoms with van der Waals surface area (Å²) in [6.45, 7) is 2.82. The molecule has 216 valence electrons. The zero-order valence-corrected chi connectivity index (χ0v) is 24.1. The predicted molar refractivity (Wildman–Crippen MR) is 156 cm³/mol. The van der Waals surface area contributed by atoms with Crippen molar-refractivity contribution < 1.29 is 28.6 Å². The van der Waals surface area contributed by atoms with Crippen LogP contribution in [0, 0.1) is 6.92 Å². The van der Waals surface area contributed by atoms with E-state index < -0.39 is 6.04 Å². The number of nitrogens with one attached hydrogen (secondary N) is 2. The van der Waals surface area contributed by atoms with Crippen molar-refractivity contribution >= 4 is 29.1 Å². The van der Waals surface area contributed by atoms with Gasteiger partial charge in [0.15, 0.2) is 6.61 Å². The number of rotatable bonds is 5. The van der Waals surface area contributed by atoms with Gasteiger partial charge in [-0.25, -0.2) is 0 Å². The number of aryl methyl sites for hydroxylation is 2. The number of nitrogens with zero attached hydrogens (tertiary/aromatic N) is 1. The molecule has 41 heavy (non-hydrogen) atoms. The van der Waals surface area contributed by atoms with E-state index in [0.717, 1.165) is 24.0 Å². The Balaban J connectivity index is 1.37. The molecular formula is C31H35N3O6S. The van der Waals surface area contributed by atoms with Crippen LogP contribution in [-0.4, -0.2) is 61.6 Å². The first kappa shape index (κ1) is 28.5. The molecule has 2 atom stereocenters. The summed E-state index contributed by atoms with van der Waals surface area (Å²) in [7, 11) is 1.57. The molecule has 0 spiro atoms. The van der Waals surface area contributed by atoms with Crippen LogP contribution in [0.1, 0.15) is 45.6 Å². The third kappa shape index (κ3) is 7.18. The van der Waals surface area contributed by atoms with Gasteiger partial charge in [-0.05, 0) is 61.0 Å². The van der Waals surface area contributed by atoms with Crippen LogP contribution < -0.4 is 24.8 Å². The number of amides is 3. The highest BCUT2D eigenvalue weighted by Crippen LogP contribution is 2.28. The molecule has 1 fully saturated rings. The Hall–Kier alpha value is -4.05. The maximum absolute atomic E-state index is 13.4. The number of benzene rings is 2. The number of hydrogen-bond acceptors (Lipinski definition) is 7. The monoisotopic (exact) mass is 577 g/mol. The molecular weight excluding hydrogens is 542 g/mol. The van der Waals surface area contributed by atoms with Gasteiger partial charge in [-0.3, -0.25) is 14.4 Å². The molecule has 2 N–H and O–H groups in total. The quantitative estimate of drug-likeness (QED) is 0.477. The fourth-order valence-corrected chi connectivity index (χ4v) is 5.87. The Morgan fingerprint density at radius 3 is 2.85 bits per heavy atom. The fourth-order valence-electron chi connectivity index (χ4n) is 5.12. The first-order valence-corrected chi connectivity index (χ1v) is 14.7. The summed E-state index contributed by atoms with van der Waals surface area (Å²) in [6, 6.07) is 14.3. The van der Waals surface area contributed by atoms with Crippen molar-refractivity contribution in [1.29, 1.82) is 0 Å². The molecule has 0 aliphatic carbocycles. The maximum Gasteiger partial charge on any atom is 0.258 e. The Labute approximate surface area is 243 Å². The predicted octanol–water partition coefficient (Wildman–Crippen LogP) is 3.87.